The summed E-state index contributed by atoms with van der Waals surface area (Å²) in [4.78, 5) is 4.34. The van der Waals surface area contributed by atoms with Crippen LogP contribution in [0.2, 0.25) is 0 Å². The van der Waals surface area contributed by atoms with E-state index in [-0.39, 0.29) is 12.5 Å². The summed E-state index contributed by atoms with van der Waals surface area (Å²) < 4.78 is 36.3. The number of nitrogens with one attached hydrogen (secondary N) is 1. The molecule has 0 saturated carbocycles. The molecule has 1 aromatic heterocycles. The van der Waals surface area contributed by atoms with E-state index < -0.39 is 12.6 Å². The molecule has 0 bridgehead atoms. The number of nitrogens with zero attached hydrogens (tertiary/aromatic N) is 1. The Morgan fingerprint density at radius 1 is 1.28 bits per heavy atom. The van der Waals surface area contributed by atoms with E-state index in [1.54, 1.807) is 7.05 Å². The topological polar surface area (TPSA) is 24.9 Å². The van der Waals surface area contributed by atoms with Crippen LogP contribution in [0, 0.1) is 13.8 Å². The first-order chi connectivity index (χ1) is 8.33. The highest BCUT2D eigenvalue weighted by molar-refractivity contribution is 5.25. The van der Waals surface area contributed by atoms with Gasteiger partial charge < -0.3 is 5.32 Å². The molecule has 0 saturated heterocycles. The van der Waals surface area contributed by atoms with Crippen LogP contribution in [0.25, 0.3) is 0 Å². The van der Waals surface area contributed by atoms with E-state index in [0.29, 0.717) is 6.42 Å². The first-order valence-corrected chi connectivity index (χ1v) is 6.01. The second kappa shape index (κ2) is 6.18. The van der Waals surface area contributed by atoms with Crippen molar-refractivity contribution >= 4 is 0 Å². The van der Waals surface area contributed by atoms with Gasteiger partial charge in [-0.2, -0.15) is 13.2 Å². The standard InChI is InChI=1S/C13H19F3N2/c1-9-6-7-11(10(2)18-9)12(17-3)5-4-8-13(14,15)16/h6-7,12,17H,4-5,8H2,1-3H3. The maximum atomic E-state index is 12.1. The number of hydrogen-bond acceptors (Lipinski definition) is 2. The van der Waals surface area contributed by atoms with Crippen LogP contribution in [0.3, 0.4) is 0 Å². The summed E-state index contributed by atoms with van der Waals surface area (Å²) in [5.74, 6) is 0. The van der Waals surface area contributed by atoms with Crippen LogP contribution in [0.4, 0.5) is 13.2 Å². The van der Waals surface area contributed by atoms with Crippen molar-refractivity contribution in [3.8, 4) is 0 Å². The first-order valence-electron chi connectivity index (χ1n) is 6.01. The molecule has 0 aromatic carbocycles. The molecule has 102 valence electrons. The monoisotopic (exact) mass is 260 g/mol. The van der Waals surface area contributed by atoms with Crippen LogP contribution in [-0.2, 0) is 0 Å². The fourth-order valence-corrected chi connectivity index (χ4v) is 2.03. The molecule has 2 nitrogen and oxygen atoms in total. The fourth-order valence-electron chi connectivity index (χ4n) is 2.03. The summed E-state index contributed by atoms with van der Waals surface area (Å²) >= 11 is 0. The van der Waals surface area contributed by atoms with Gasteiger partial charge in [-0.05, 0) is 45.4 Å². The van der Waals surface area contributed by atoms with Crippen LogP contribution in [-0.4, -0.2) is 18.2 Å². The maximum absolute atomic E-state index is 12.1. The zero-order chi connectivity index (χ0) is 13.8. The van der Waals surface area contributed by atoms with Crippen molar-refractivity contribution in [1.82, 2.24) is 10.3 Å². The van der Waals surface area contributed by atoms with Crippen LogP contribution >= 0.6 is 0 Å². The normalized spacial score (nSPS) is 13.7. The maximum Gasteiger partial charge on any atom is 0.389 e. The van der Waals surface area contributed by atoms with Gasteiger partial charge in [0, 0.05) is 23.9 Å². The van der Waals surface area contributed by atoms with Crippen molar-refractivity contribution in [1.29, 1.82) is 0 Å². The van der Waals surface area contributed by atoms with Crippen molar-refractivity contribution in [2.45, 2.75) is 45.3 Å². The Bertz CT molecular complexity index is 388. The van der Waals surface area contributed by atoms with Crippen molar-refractivity contribution in [2.75, 3.05) is 7.05 Å². The summed E-state index contributed by atoms with van der Waals surface area (Å²) in [7, 11) is 1.76. The van der Waals surface area contributed by atoms with E-state index in [1.807, 2.05) is 26.0 Å². The Hall–Kier alpha value is -1.10. The lowest BCUT2D eigenvalue weighted by Crippen LogP contribution is -2.19. The lowest BCUT2D eigenvalue weighted by molar-refractivity contribution is -0.135. The van der Waals surface area contributed by atoms with E-state index in [2.05, 4.69) is 10.3 Å². The predicted molar refractivity (Wildman–Crippen MR) is 65.4 cm³/mol. The predicted octanol–water partition coefficient (Wildman–Crippen LogP) is 3.69. The summed E-state index contributed by atoms with van der Waals surface area (Å²) in [6.45, 7) is 3.78. The van der Waals surface area contributed by atoms with Crippen LogP contribution < -0.4 is 5.32 Å². The molecule has 0 aliphatic carbocycles. The van der Waals surface area contributed by atoms with Gasteiger partial charge in [0.2, 0.25) is 0 Å². The Balaban J connectivity index is 2.66. The number of pyridine rings is 1. The third kappa shape index (κ3) is 4.64. The molecule has 0 amide bonds. The molecule has 0 spiro atoms. The second-order valence-corrected chi connectivity index (χ2v) is 4.48. The molecule has 1 N–H and O–H groups in total. The van der Waals surface area contributed by atoms with Crippen molar-refractivity contribution < 1.29 is 13.2 Å². The number of hydrogen-bond donors (Lipinski definition) is 1. The van der Waals surface area contributed by atoms with Gasteiger partial charge in [0.05, 0.1) is 0 Å². The smallest absolute Gasteiger partial charge is 0.313 e. The van der Waals surface area contributed by atoms with E-state index in [0.717, 1.165) is 17.0 Å². The summed E-state index contributed by atoms with van der Waals surface area (Å²) in [5.41, 5.74) is 2.77. The van der Waals surface area contributed by atoms with Gasteiger partial charge >= 0.3 is 6.18 Å². The second-order valence-electron chi connectivity index (χ2n) is 4.48. The van der Waals surface area contributed by atoms with Crippen LogP contribution in [0.1, 0.15) is 42.3 Å². The number of halogens is 3. The van der Waals surface area contributed by atoms with Gasteiger partial charge in [-0.1, -0.05) is 6.07 Å². The molecular formula is C13H19F3N2. The van der Waals surface area contributed by atoms with E-state index in [9.17, 15) is 13.2 Å². The van der Waals surface area contributed by atoms with Crippen LogP contribution in [0.5, 0.6) is 0 Å². The Kier molecular flexibility index (Phi) is 5.14. The number of aromatic nitrogens is 1. The highest BCUT2D eigenvalue weighted by Gasteiger charge is 2.27. The SMILES string of the molecule is CNC(CCCC(F)(F)F)c1ccc(C)nc1C. The van der Waals surface area contributed by atoms with Crippen molar-refractivity contribution in [3.05, 3.63) is 29.1 Å². The first kappa shape index (κ1) is 15.0. The number of alkyl halides is 3. The molecule has 1 heterocycles. The average Bonchev–Trinajstić information content (AvgIpc) is 2.24. The van der Waals surface area contributed by atoms with Gasteiger partial charge in [-0.25, -0.2) is 0 Å². The molecule has 18 heavy (non-hydrogen) atoms. The van der Waals surface area contributed by atoms with Gasteiger partial charge in [-0.15, -0.1) is 0 Å². The summed E-state index contributed by atoms with van der Waals surface area (Å²) in [6, 6.07) is 3.75. The molecule has 1 rings (SSSR count). The Morgan fingerprint density at radius 3 is 2.44 bits per heavy atom. The zero-order valence-corrected chi connectivity index (χ0v) is 10.9. The van der Waals surface area contributed by atoms with Crippen molar-refractivity contribution in [2.24, 2.45) is 0 Å². The van der Waals surface area contributed by atoms with Gasteiger partial charge in [0.25, 0.3) is 0 Å². The highest BCUT2D eigenvalue weighted by Crippen LogP contribution is 2.27. The quantitative estimate of drug-likeness (QED) is 0.873. The Morgan fingerprint density at radius 2 is 1.94 bits per heavy atom. The molecule has 5 heteroatoms. The lowest BCUT2D eigenvalue weighted by Gasteiger charge is -2.19. The largest absolute Gasteiger partial charge is 0.389 e. The number of aryl methyl sites for hydroxylation is 2. The molecule has 0 aliphatic heterocycles. The average molecular weight is 260 g/mol. The van der Waals surface area contributed by atoms with Crippen molar-refractivity contribution in [3.63, 3.8) is 0 Å². The van der Waals surface area contributed by atoms with Crippen LogP contribution in [0.15, 0.2) is 12.1 Å². The third-order valence-electron chi connectivity index (χ3n) is 2.94. The number of rotatable bonds is 5. The molecule has 1 unspecified atom stereocenters. The molecule has 0 aliphatic rings. The Labute approximate surface area is 106 Å². The van der Waals surface area contributed by atoms with E-state index in [4.69, 9.17) is 0 Å². The molecule has 0 radical (unpaired) electrons. The molecule has 1 atom stereocenters. The summed E-state index contributed by atoms with van der Waals surface area (Å²) in [5, 5.41) is 3.06. The fraction of sp³-hybridized carbons (Fsp3) is 0.615. The zero-order valence-electron chi connectivity index (χ0n) is 10.9. The van der Waals surface area contributed by atoms with Gasteiger partial charge in [0.1, 0.15) is 0 Å². The summed E-state index contributed by atoms with van der Waals surface area (Å²) in [6.07, 6.45) is -4.22. The minimum absolute atomic E-state index is 0.0690. The molecule has 1 aromatic rings. The molecular weight excluding hydrogens is 241 g/mol. The highest BCUT2D eigenvalue weighted by atomic mass is 19.4. The van der Waals surface area contributed by atoms with Gasteiger partial charge in [-0.3, -0.25) is 4.98 Å². The minimum atomic E-state index is -4.07. The third-order valence-corrected chi connectivity index (χ3v) is 2.94. The lowest BCUT2D eigenvalue weighted by atomic mass is 9.99. The van der Waals surface area contributed by atoms with Gasteiger partial charge in [0.15, 0.2) is 0 Å². The van der Waals surface area contributed by atoms with E-state index >= 15 is 0 Å². The molecule has 0 fully saturated rings. The van der Waals surface area contributed by atoms with E-state index in [1.165, 1.54) is 0 Å². The minimum Gasteiger partial charge on any atom is -0.313 e.